The van der Waals surface area contributed by atoms with Gasteiger partial charge in [-0.15, -0.1) is 0 Å². The molecule has 14 heavy (non-hydrogen) atoms. The Morgan fingerprint density at radius 2 is 2.07 bits per heavy atom. The molecule has 2 nitrogen and oxygen atoms in total. The van der Waals surface area contributed by atoms with Crippen LogP contribution in [0.1, 0.15) is 12.5 Å². The van der Waals surface area contributed by atoms with E-state index < -0.39 is 6.10 Å². The fraction of sp³-hybridized carbons (Fsp3) is 0.333. The summed E-state index contributed by atoms with van der Waals surface area (Å²) in [6.45, 7) is 2.77. The topological polar surface area (TPSA) is 29.5 Å². The quantitative estimate of drug-likeness (QED) is 0.724. The third-order valence-electron chi connectivity index (χ3n) is 1.81. The van der Waals surface area contributed by atoms with Crippen molar-refractivity contribution in [1.82, 2.24) is 0 Å². The Morgan fingerprint density at radius 3 is 2.71 bits per heavy atom. The lowest BCUT2D eigenvalue weighted by atomic mass is 10.2. The van der Waals surface area contributed by atoms with E-state index in [2.05, 4.69) is 0 Å². The van der Waals surface area contributed by atoms with Crippen molar-refractivity contribution in [3.05, 3.63) is 48.0 Å². The van der Waals surface area contributed by atoms with E-state index in [0.717, 1.165) is 5.56 Å². The Kier molecular flexibility index (Phi) is 4.97. The maximum atomic E-state index is 9.32. The lowest BCUT2D eigenvalue weighted by molar-refractivity contribution is 0.0503. The lowest BCUT2D eigenvalue weighted by Crippen LogP contribution is -2.11. The van der Waals surface area contributed by atoms with Crippen LogP contribution in [0.15, 0.2) is 42.5 Å². The molecule has 0 amide bonds. The van der Waals surface area contributed by atoms with Crippen molar-refractivity contribution in [2.45, 2.75) is 19.6 Å². The van der Waals surface area contributed by atoms with E-state index in [9.17, 15) is 5.11 Å². The summed E-state index contributed by atoms with van der Waals surface area (Å²) < 4.78 is 5.33. The van der Waals surface area contributed by atoms with Gasteiger partial charge >= 0.3 is 0 Å². The Morgan fingerprint density at radius 1 is 1.36 bits per heavy atom. The number of aliphatic hydroxyl groups excluding tert-OH is 1. The van der Waals surface area contributed by atoms with E-state index >= 15 is 0 Å². The van der Waals surface area contributed by atoms with Crippen LogP contribution < -0.4 is 0 Å². The van der Waals surface area contributed by atoms with Crippen LogP contribution in [-0.4, -0.2) is 17.8 Å². The molecule has 0 aromatic heterocycles. The molecular weight excluding hydrogens is 176 g/mol. The molecule has 1 unspecified atom stereocenters. The standard InChI is InChI=1S/C12H16O2/c1-2-6-12(13)10-14-9-11-7-4-3-5-8-11/h2-8,12-13H,9-10H2,1H3/b6-2+. The summed E-state index contributed by atoms with van der Waals surface area (Å²) in [5.74, 6) is 0. The lowest BCUT2D eigenvalue weighted by Gasteiger charge is -2.06. The molecule has 1 N–H and O–H groups in total. The van der Waals surface area contributed by atoms with Crippen LogP contribution in [-0.2, 0) is 11.3 Å². The summed E-state index contributed by atoms with van der Waals surface area (Å²) in [6, 6.07) is 9.92. The fourth-order valence-electron chi connectivity index (χ4n) is 1.15. The maximum absolute atomic E-state index is 9.32. The van der Waals surface area contributed by atoms with Crippen molar-refractivity contribution in [2.75, 3.05) is 6.61 Å². The van der Waals surface area contributed by atoms with Crippen molar-refractivity contribution < 1.29 is 9.84 Å². The molecule has 0 aliphatic carbocycles. The molecule has 0 saturated carbocycles. The molecule has 1 aromatic carbocycles. The molecule has 0 saturated heterocycles. The third kappa shape index (κ3) is 4.21. The van der Waals surface area contributed by atoms with Gasteiger partial charge in [0.2, 0.25) is 0 Å². The Hall–Kier alpha value is -1.12. The van der Waals surface area contributed by atoms with Crippen molar-refractivity contribution in [2.24, 2.45) is 0 Å². The number of hydrogen-bond donors (Lipinski definition) is 1. The van der Waals surface area contributed by atoms with E-state index in [1.165, 1.54) is 0 Å². The van der Waals surface area contributed by atoms with E-state index in [4.69, 9.17) is 4.74 Å². The van der Waals surface area contributed by atoms with Gasteiger partial charge in [-0.3, -0.25) is 0 Å². The van der Waals surface area contributed by atoms with Crippen LogP contribution in [0.4, 0.5) is 0 Å². The fourth-order valence-corrected chi connectivity index (χ4v) is 1.15. The highest BCUT2D eigenvalue weighted by Gasteiger charge is 1.98. The van der Waals surface area contributed by atoms with Gasteiger partial charge in [0.15, 0.2) is 0 Å². The van der Waals surface area contributed by atoms with Gasteiger partial charge in [-0.25, -0.2) is 0 Å². The van der Waals surface area contributed by atoms with Crippen LogP contribution >= 0.6 is 0 Å². The van der Waals surface area contributed by atoms with Gasteiger partial charge in [0, 0.05) is 0 Å². The molecular formula is C12H16O2. The first kappa shape index (κ1) is 11.0. The molecule has 0 heterocycles. The van der Waals surface area contributed by atoms with E-state index in [-0.39, 0.29) is 0 Å². The van der Waals surface area contributed by atoms with Crippen LogP contribution in [0.5, 0.6) is 0 Å². The second-order valence-corrected chi connectivity index (χ2v) is 3.09. The smallest absolute Gasteiger partial charge is 0.0954 e. The van der Waals surface area contributed by atoms with E-state index in [0.29, 0.717) is 13.2 Å². The summed E-state index contributed by atoms with van der Waals surface area (Å²) in [7, 11) is 0. The monoisotopic (exact) mass is 192 g/mol. The molecule has 0 spiro atoms. The minimum atomic E-state index is -0.497. The van der Waals surface area contributed by atoms with Gasteiger partial charge in [0.05, 0.1) is 19.3 Å². The minimum absolute atomic E-state index is 0.346. The molecule has 1 rings (SSSR count). The summed E-state index contributed by atoms with van der Waals surface area (Å²) in [6.07, 6.45) is 3.03. The molecule has 1 aromatic rings. The van der Waals surface area contributed by atoms with Crippen LogP contribution in [0.25, 0.3) is 0 Å². The zero-order chi connectivity index (χ0) is 10.2. The second-order valence-electron chi connectivity index (χ2n) is 3.09. The van der Waals surface area contributed by atoms with Crippen molar-refractivity contribution >= 4 is 0 Å². The number of allylic oxidation sites excluding steroid dienone is 1. The van der Waals surface area contributed by atoms with E-state index in [1.807, 2.05) is 43.3 Å². The van der Waals surface area contributed by atoms with Gasteiger partial charge in [-0.05, 0) is 12.5 Å². The van der Waals surface area contributed by atoms with E-state index in [1.54, 1.807) is 6.08 Å². The van der Waals surface area contributed by atoms with Crippen LogP contribution in [0.3, 0.4) is 0 Å². The molecule has 76 valence electrons. The highest BCUT2D eigenvalue weighted by atomic mass is 16.5. The normalized spacial score (nSPS) is 13.3. The predicted molar refractivity (Wildman–Crippen MR) is 56.9 cm³/mol. The van der Waals surface area contributed by atoms with Gasteiger partial charge < -0.3 is 9.84 Å². The first-order valence-corrected chi connectivity index (χ1v) is 4.75. The zero-order valence-corrected chi connectivity index (χ0v) is 8.39. The van der Waals surface area contributed by atoms with Gasteiger partial charge in [0.1, 0.15) is 0 Å². The Labute approximate surface area is 84.8 Å². The molecule has 0 aliphatic heterocycles. The molecule has 2 heteroatoms. The predicted octanol–water partition coefficient (Wildman–Crippen LogP) is 2.14. The molecule has 1 atom stereocenters. The highest BCUT2D eigenvalue weighted by molar-refractivity contribution is 5.13. The Balaban J connectivity index is 2.22. The maximum Gasteiger partial charge on any atom is 0.0954 e. The Bertz CT molecular complexity index is 267. The number of ether oxygens (including phenoxy) is 1. The van der Waals surface area contributed by atoms with Crippen molar-refractivity contribution in [3.8, 4) is 0 Å². The third-order valence-corrected chi connectivity index (χ3v) is 1.81. The number of benzene rings is 1. The average molecular weight is 192 g/mol. The SMILES string of the molecule is C/C=C/C(O)COCc1ccccc1. The average Bonchev–Trinajstić information content (AvgIpc) is 2.20. The highest BCUT2D eigenvalue weighted by Crippen LogP contribution is 2.01. The second kappa shape index (κ2) is 6.35. The first-order valence-electron chi connectivity index (χ1n) is 4.75. The summed E-state index contributed by atoms with van der Waals surface area (Å²) in [4.78, 5) is 0. The zero-order valence-electron chi connectivity index (χ0n) is 8.39. The van der Waals surface area contributed by atoms with Crippen LogP contribution in [0.2, 0.25) is 0 Å². The number of rotatable bonds is 5. The van der Waals surface area contributed by atoms with Crippen LogP contribution in [0, 0.1) is 0 Å². The van der Waals surface area contributed by atoms with Crippen molar-refractivity contribution in [3.63, 3.8) is 0 Å². The largest absolute Gasteiger partial charge is 0.387 e. The minimum Gasteiger partial charge on any atom is -0.387 e. The van der Waals surface area contributed by atoms with Crippen molar-refractivity contribution in [1.29, 1.82) is 0 Å². The van der Waals surface area contributed by atoms with Gasteiger partial charge in [-0.2, -0.15) is 0 Å². The molecule has 0 aliphatic rings. The first-order chi connectivity index (χ1) is 6.83. The molecule has 0 bridgehead atoms. The summed E-state index contributed by atoms with van der Waals surface area (Å²) in [5, 5.41) is 9.32. The number of hydrogen-bond acceptors (Lipinski definition) is 2. The number of aliphatic hydroxyl groups is 1. The summed E-state index contributed by atoms with van der Waals surface area (Å²) >= 11 is 0. The molecule has 0 radical (unpaired) electrons. The molecule has 0 fully saturated rings. The summed E-state index contributed by atoms with van der Waals surface area (Å²) in [5.41, 5.74) is 1.13. The van der Waals surface area contributed by atoms with Gasteiger partial charge in [-0.1, -0.05) is 42.5 Å². The van der Waals surface area contributed by atoms with Gasteiger partial charge in [0.25, 0.3) is 0 Å².